The highest BCUT2D eigenvalue weighted by Crippen LogP contribution is 2.34. The molecule has 0 spiro atoms. The van der Waals surface area contributed by atoms with E-state index in [1.807, 2.05) is 14.0 Å². The summed E-state index contributed by atoms with van der Waals surface area (Å²) in [7, 11) is 1.83. The van der Waals surface area contributed by atoms with Gasteiger partial charge in [0.25, 0.3) is 0 Å². The Hall–Kier alpha value is -3.18. The molecular weight excluding hydrogens is 406 g/mol. The second kappa shape index (κ2) is 9.31. The number of thiazole rings is 1. The van der Waals surface area contributed by atoms with Crippen LogP contribution in [0.2, 0.25) is 0 Å². The minimum Gasteiger partial charge on any atom is -0.371 e. The Labute approximate surface area is 187 Å². The molecule has 0 radical (unpaired) electrons. The Balaban J connectivity index is 1.65. The average Bonchev–Trinajstić information content (AvgIpc) is 2.96. The lowest BCUT2D eigenvalue weighted by Crippen LogP contribution is -2.23. The molecule has 31 heavy (non-hydrogen) atoms. The summed E-state index contributed by atoms with van der Waals surface area (Å²) in [5.74, 6) is 0.472. The van der Waals surface area contributed by atoms with Crippen LogP contribution in [-0.4, -0.2) is 35.1 Å². The van der Waals surface area contributed by atoms with E-state index in [-0.39, 0.29) is 0 Å². The number of hydrogen-bond donors (Lipinski definition) is 2. The van der Waals surface area contributed by atoms with Crippen LogP contribution in [0, 0.1) is 25.2 Å². The first-order valence-corrected chi connectivity index (χ1v) is 11.5. The number of anilines is 4. The first kappa shape index (κ1) is 21.1. The maximum Gasteiger partial charge on any atom is 0.227 e. The van der Waals surface area contributed by atoms with Crippen molar-refractivity contribution in [2.45, 2.75) is 39.5 Å². The molecule has 160 valence electrons. The standard InChI is InChI=1S/C23H27N7S/c1-15-10-18(12-19(11-15)30-8-6-4-5-7-9-30)28-22-26-14-17(13-24)20(29-22)21-16(2)27-23(25-3)31-21/h10-12,14H,4-9H2,1-3H3,(H,25,27)(H,26,28,29). The third-order valence-corrected chi connectivity index (χ3v) is 6.61. The molecule has 0 bridgehead atoms. The monoisotopic (exact) mass is 433 g/mol. The highest BCUT2D eigenvalue weighted by atomic mass is 32.1. The summed E-state index contributed by atoms with van der Waals surface area (Å²) in [6.45, 7) is 6.23. The molecule has 1 aromatic carbocycles. The van der Waals surface area contributed by atoms with Crippen molar-refractivity contribution in [3.63, 3.8) is 0 Å². The Bertz CT molecular complexity index is 1110. The molecule has 0 unspecified atom stereocenters. The summed E-state index contributed by atoms with van der Waals surface area (Å²) in [5.41, 5.74) is 5.26. The maximum atomic E-state index is 9.57. The molecule has 8 heteroatoms. The van der Waals surface area contributed by atoms with E-state index in [2.05, 4.69) is 61.7 Å². The van der Waals surface area contributed by atoms with Crippen molar-refractivity contribution in [3.8, 4) is 16.6 Å². The van der Waals surface area contributed by atoms with Crippen molar-refractivity contribution in [1.82, 2.24) is 15.0 Å². The van der Waals surface area contributed by atoms with Crippen molar-refractivity contribution in [1.29, 1.82) is 5.26 Å². The molecular formula is C23H27N7S. The maximum absolute atomic E-state index is 9.57. The zero-order valence-corrected chi connectivity index (χ0v) is 19.0. The van der Waals surface area contributed by atoms with Gasteiger partial charge in [0.2, 0.25) is 5.95 Å². The van der Waals surface area contributed by atoms with Crippen LogP contribution in [-0.2, 0) is 0 Å². The van der Waals surface area contributed by atoms with Crippen LogP contribution in [0.3, 0.4) is 0 Å². The molecule has 3 aromatic rings. The number of nitriles is 1. The van der Waals surface area contributed by atoms with E-state index >= 15 is 0 Å². The lowest BCUT2D eigenvalue weighted by atomic mass is 10.1. The van der Waals surface area contributed by atoms with E-state index in [0.29, 0.717) is 17.2 Å². The number of nitrogens with zero attached hydrogens (tertiary/aromatic N) is 5. The summed E-state index contributed by atoms with van der Waals surface area (Å²) in [5, 5.41) is 16.8. The fourth-order valence-electron chi connectivity index (χ4n) is 3.90. The van der Waals surface area contributed by atoms with Crippen molar-refractivity contribution in [2.75, 3.05) is 35.7 Å². The predicted molar refractivity (Wildman–Crippen MR) is 127 cm³/mol. The second-order valence-electron chi connectivity index (χ2n) is 7.83. The Morgan fingerprint density at radius 2 is 1.84 bits per heavy atom. The van der Waals surface area contributed by atoms with Gasteiger partial charge >= 0.3 is 0 Å². The van der Waals surface area contributed by atoms with Gasteiger partial charge in [0.05, 0.1) is 22.3 Å². The van der Waals surface area contributed by atoms with Gasteiger partial charge in [0.15, 0.2) is 5.13 Å². The molecule has 3 heterocycles. The molecule has 0 saturated carbocycles. The molecule has 2 N–H and O–H groups in total. The normalized spacial score (nSPS) is 14.1. The van der Waals surface area contributed by atoms with E-state index in [0.717, 1.165) is 34.5 Å². The molecule has 2 aromatic heterocycles. The SMILES string of the molecule is CNc1nc(C)c(-c2nc(Nc3cc(C)cc(N4CCCCCC4)c3)ncc2C#N)s1. The van der Waals surface area contributed by atoms with Crippen LogP contribution >= 0.6 is 11.3 Å². The van der Waals surface area contributed by atoms with Gasteiger partial charge in [-0.1, -0.05) is 24.2 Å². The fourth-order valence-corrected chi connectivity index (χ4v) is 4.82. The lowest BCUT2D eigenvalue weighted by molar-refractivity contribution is 0.726. The minimum absolute atomic E-state index is 0.439. The van der Waals surface area contributed by atoms with Gasteiger partial charge < -0.3 is 15.5 Å². The van der Waals surface area contributed by atoms with Crippen LogP contribution in [0.1, 0.15) is 42.5 Å². The number of benzene rings is 1. The van der Waals surface area contributed by atoms with E-state index in [9.17, 15) is 5.26 Å². The average molecular weight is 434 g/mol. The van der Waals surface area contributed by atoms with Crippen molar-refractivity contribution >= 4 is 33.8 Å². The molecule has 4 rings (SSSR count). The highest BCUT2D eigenvalue weighted by molar-refractivity contribution is 7.19. The van der Waals surface area contributed by atoms with E-state index in [1.54, 1.807) is 6.20 Å². The predicted octanol–water partition coefficient (Wildman–Crippen LogP) is 5.25. The van der Waals surface area contributed by atoms with Gasteiger partial charge in [-0.05, 0) is 50.5 Å². The molecule has 0 aliphatic carbocycles. The van der Waals surface area contributed by atoms with Crippen molar-refractivity contribution < 1.29 is 0 Å². The highest BCUT2D eigenvalue weighted by Gasteiger charge is 2.17. The Morgan fingerprint density at radius 1 is 1.06 bits per heavy atom. The molecule has 0 amide bonds. The van der Waals surface area contributed by atoms with Crippen molar-refractivity contribution in [3.05, 3.63) is 41.2 Å². The van der Waals surface area contributed by atoms with E-state index in [4.69, 9.17) is 0 Å². The number of aromatic nitrogens is 3. The topological polar surface area (TPSA) is 89.8 Å². The third-order valence-electron chi connectivity index (χ3n) is 5.42. The molecule has 0 atom stereocenters. The summed E-state index contributed by atoms with van der Waals surface area (Å²) in [4.78, 5) is 16.9. The van der Waals surface area contributed by atoms with Crippen LogP contribution in [0.4, 0.5) is 22.5 Å². The number of rotatable bonds is 5. The van der Waals surface area contributed by atoms with Crippen LogP contribution in [0.15, 0.2) is 24.4 Å². The number of hydrogen-bond acceptors (Lipinski definition) is 8. The summed E-state index contributed by atoms with van der Waals surface area (Å²) in [6, 6.07) is 8.70. The largest absolute Gasteiger partial charge is 0.371 e. The Morgan fingerprint density at radius 3 is 2.52 bits per heavy atom. The van der Waals surface area contributed by atoms with Crippen LogP contribution in [0.5, 0.6) is 0 Å². The summed E-state index contributed by atoms with van der Waals surface area (Å²) >= 11 is 1.48. The minimum atomic E-state index is 0.439. The zero-order chi connectivity index (χ0) is 21.8. The Kier molecular flexibility index (Phi) is 6.33. The number of aryl methyl sites for hydroxylation is 2. The number of nitrogens with one attached hydrogen (secondary N) is 2. The molecule has 1 aliphatic heterocycles. The molecule has 1 saturated heterocycles. The summed E-state index contributed by atoms with van der Waals surface area (Å²) in [6.07, 6.45) is 6.67. The third kappa shape index (κ3) is 4.78. The van der Waals surface area contributed by atoms with Gasteiger partial charge in [-0.3, -0.25) is 0 Å². The van der Waals surface area contributed by atoms with Gasteiger partial charge in [-0.2, -0.15) is 5.26 Å². The van der Waals surface area contributed by atoms with Crippen LogP contribution < -0.4 is 15.5 Å². The van der Waals surface area contributed by atoms with Crippen LogP contribution in [0.25, 0.3) is 10.6 Å². The van der Waals surface area contributed by atoms with Crippen molar-refractivity contribution in [2.24, 2.45) is 0 Å². The van der Waals surface area contributed by atoms with Gasteiger partial charge in [-0.15, -0.1) is 0 Å². The van der Waals surface area contributed by atoms with E-state index in [1.165, 1.54) is 48.3 Å². The first-order valence-electron chi connectivity index (χ1n) is 10.6. The first-order chi connectivity index (χ1) is 15.1. The fraction of sp³-hybridized carbons (Fsp3) is 0.391. The van der Waals surface area contributed by atoms with Gasteiger partial charge in [0, 0.05) is 31.5 Å². The molecule has 1 aliphatic rings. The van der Waals surface area contributed by atoms with Gasteiger partial charge in [-0.25, -0.2) is 15.0 Å². The van der Waals surface area contributed by atoms with Gasteiger partial charge in [0.1, 0.15) is 11.8 Å². The zero-order valence-electron chi connectivity index (χ0n) is 18.2. The quantitative estimate of drug-likeness (QED) is 0.567. The lowest BCUT2D eigenvalue weighted by Gasteiger charge is -2.24. The summed E-state index contributed by atoms with van der Waals surface area (Å²) < 4.78 is 0. The van der Waals surface area contributed by atoms with E-state index < -0.39 is 0 Å². The molecule has 7 nitrogen and oxygen atoms in total. The molecule has 1 fully saturated rings. The smallest absolute Gasteiger partial charge is 0.227 e. The second-order valence-corrected chi connectivity index (χ2v) is 8.83.